The van der Waals surface area contributed by atoms with Gasteiger partial charge in [-0.1, -0.05) is 30.3 Å². The van der Waals surface area contributed by atoms with Crippen molar-refractivity contribution in [2.75, 3.05) is 13.1 Å². The second kappa shape index (κ2) is 4.46. The molecule has 2 rings (SSSR count). The molecule has 1 heterocycles. The van der Waals surface area contributed by atoms with Gasteiger partial charge in [0.25, 0.3) is 0 Å². The fraction of sp³-hybridized carbons (Fsp3) is 0.462. The highest BCUT2D eigenvalue weighted by Gasteiger charge is 2.30. The molecule has 1 aromatic rings. The van der Waals surface area contributed by atoms with Gasteiger partial charge in [-0.25, -0.2) is 0 Å². The van der Waals surface area contributed by atoms with Crippen molar-refractivity contribution in [3.63, 3.8) is 0 Å². The third kappa shape index (κ3) is 2.37. The second-order valence-corrected chi connectivity index (χ2v) is 4.36. The Labute approximate surface area is 91.1 Å². The lowest BCUT2D eigenvalue weighted by molar-refractivity contribution is 0.0711. The molecular weight excluding hydrogens is 184 g/mol. The van der Waals surface area contributed by atoms with Crippen LogP contribution in [-0.4, -0.2) is 18.0 Å². The van der Waals surface area contributed by atoms with Gasteiger partial charge in [0.15, 0.2) is 0 Å². The average molecular weight is 200 g/mol. The van der Waals surface area contributed by atoms with E-state index in [-0.39, 0.29) is 5.92 Å². The van der Waals surface area contributed by atoms with Crippen molar-refractivity contribution in [2.45, 2.75) is 13.5 Å². The molecule has 1 aliphatic rings. The summed E-state index contributed by atoms with van der Waals surface area (Å²) < 4.78 is 0. The Bertz CT molecular complexity index is 347. The van der Waals surface area contributed by atoms with Crippen molar-refractivity contribution >= 4 is 0 Å². The van der Waals surface area contributed by atoms with Crippen LogP contribution in [0.5, 0.6) is 0 Å². The molecule has 78 valence electrons. The van der Waals surface area contributed by atoms with E-state index < -0.39 is 0 Å². The number of hydrogen-bond donors (Lipinski definition) is 0. The van der Waals surface area contributed by atoms with Crippen LogP contribution in [-0.2, 0) is 6.54 Å². The van der Waals surface area contributed by atoms with Gasteiger partial charge < -0.3 is 0 Å². The van der Waals surface area contributed by atoms with Crippen LogP contribution < -0.4 is 0 Å². The molecule has 0 amide bonds. The molecule has 0 aromatic heterocycles. The van der Waals surface area contributed by atoms with Gasteiger partial charge in [-0.2, -0.15) is 5.26 Å². The van der Waals surface area contributed by atoms with E-state index in [2.05, 4.69) is 35.2 Å². The molecule has 1 atom stereocenters. The third-order valence-corrected chi connectivity index (χ3v) is 3.15. The van der Waals surface area contributed by atoms with Crippen molar-refractivity contribution in [3.05, 3.63) is 35.9 Å². The van der Waals surface area contributed by atoms with Gasteiger partial charge in [0.1, 0.15) is 0 Å². The second-order valence-electron chi connectivity index (χ2n) is 4.36. The van der Waals surface area contributed by atoms with Gasteiger partial charge in [0.2, 0.25) is 0 Å². The molecule has 0 N–H and O–H groups in total. The Balaban J connectivity index is 1.80. The summed E-state index contributed by atoms with van der Waals surface area (Å²) in [7, 11) is 0. The minimum Gasteiger partial charge on any atom is -0.298 e. The van der Waals surface area contributed by atoms with E-state index in [1.54, 1.807) is 0 Å². The van der Waals surface area contributed by atoms with Crippen LogP contribution in [0, 0.1) is 23.2 Å². The van der Waals surface area contributed by atoms with E-state index >= 15 is 0 Å². The molecule has 1 unspecified atom stereocenters. The van der Waals surface area contributed by atoms with Crippen LogP contribution in [0.1, 0.15) is 12.5 Å². The standard InChI is InChI=1S/C13H16N2/c1-11(7-14)13-9-15(10-13)8-12-5-3-2-4-6-12/h2-6,11,13H,8-10H2,1H3. The molecule has 1 saturated heterocycles. The van der Waals surface area contributed by atoms with Gasteiger partial charge in [0, 0.05) is 25.6 Å². The first-order valence-corrected chi connectivity index (χ1v) is 5.45. The van der Waals surface area contributed by atoms with Gasteiger partial charge >= 0.3 is 0 Å². The first-order valence-electron chi connectivity index (χ1n) is 5.45. The number of nitrogens with zero attached hydrogens (tertiary/aromatic N) is 2. The average Bonchev–Trinajstić information content (AvgIpc) is 2.23. The molecule has 0 radical (unpaired) electrons. The molecule has 15 heavy (non-hydrogen) atoms. The number of likely N-dealkylation sites (tertiary alicyclic amines) is 1. The maximum absolute atomic E-state index is 8.78. The van der Waals surface area contributed by atoms with Crippen LogP contribution in [0.4, 0.5) is 0 Å². The summed E-state index contributed by atoms with van der Waals surface area (Å²) in [6, 6.07) is 12.8. The topological polar surface area (TPSA) is 27.0 Å². The zero-order chi connectivity index (χ0) is 10.7. The molecule has 2 heteroatoms. The summed E-state index contributed by atoms with van der Waals surface area (Å²) in [5.41, 5.74) is 1.36. The molecule has 0 bridgehead atoms. The van der Waals surface area contributed by atoms with Gasteiger partial charge in [0.05, 0.1) is 6.07 Å². The molecule has 0 saturated carbocycles. The van der Waals surface area contributed by atoms with Crippen LogP contribution in [0.2, 0.25) is 0 Å². The minimum atomic E-state index is 0.206. The first-order chi connectivity index (χ1) is 7.29. The Hall–Kier alpha value is -1.33. The number of hydrogen-bond acceptors (Lipinski definition) is 2. The number of rotatable bonds is 3. The van der Waals surface area contributed by atoms with Crippen LogP contribution in [0.3, 0.4) is 0 Å². The van der Waals surface area contributed by atoms with E-state index in [1.165, 1.54) is 5.56 Å². The van der Waals surface area contributed by atoms with E-state index in [4.69, 9.17) is 5.26 Å². The third-order valence-electron chi connectivity index (χ3n) is 3.15. The normalized spacial score (nSPS) is 19.2. The van der Waals surface area contributed by atoms with Crippen LogP contribution >= 0.6 is 0 Å². The van der Waals surface area contributed by atoms with Crippen molar-refractivity contribution in [1.29, 1.82) is 5.26 Å². The predicted molar refractivity (Wildman–Crippen MR) is 60.0 cm³/mol. The summed E-state index contributed by atoms with van der Waals surface area (Å²) >= 11 is 0. The zero-order valence-electron chi connectivity index (χ0n) is 9.06. The monoisotopic (exact) mass is 200 g/mol. The Kier molecular flexibility index (Phi) is 3.03. The van der Waals surface area contributed by atoms with E-state index in [9.17, 15) is 0 Å². The van der Waals surface area contributed by atoms with E-state index in [0.29, 0.717) is 5.92 Å². The summed E-state index contributed by atoms with van der Waals surface area (Å²) in [4.78, 5) is 2.40. The highest BCUT2D eigenvalue weighted by molar-refractivity contribution is 5.15. The van der Waals surface area contributed by atoms with E-state index in [0.717, 1.165) is 19.6 Å². The highest BCUT2D eigenvalue weighted by atomic mass is 15.2. The summed E-state index contributed by atoms with van der Waals surface area (Å²) in [6.07, 6.45) is 0. The summed E-state index contributed by atoms with van der Waals surface area (Å²) in [6.45, 7) is 5.19. The van der Waals surface area contributed by atoms with E-state index in [1.807, 2.05) is 13.0 Å². The minimum absolute atomic E-state index is 0.206. The predicted octanol–water partition coefficient (Wildman–Crippen LogP) is 2.28. The van der Waals surface area contributed by atoms with Gasteiger partial charge in [-0.15, -0.1) is 0 Å². The van der Waals surface area contributed by atoms with Gasteiger partial charge in [-0.3, -0.25) is 4.90 Å². The first kappa shape index (κ1) is 10.2. The zero-order valence-corrected chi connectivity index (χ0v) is 9.06. The maximum atomic E-state index is 8.78. The summed E-state index contributed by atoms with van der Waals surface area (Å²) in [5.74, 6) is 0.788. The lowest BCUT2D eigenvalue weighted by Crippen LogP contribution is -2.48. The number of benzene rings is 1. The van der Waals surface area contributed by atoms with Gasteiger partial charge in [-0.05, 0) is 18.4 Å². The fourth-order valence-electron chi connectivity index (χ4n) is 2.00. The van der Waals surface area contributed by atoms with Crippen LogP contribution in [0.25, 0.3) is 0 Å². The van der Waals surface area contributed by atoms with Crippen molar-refractivity contribution in [1.82, 2.24) is 4.90 Å². The Morgan fingerprint density at radius 2 is 2.07 bits per heavy atom. The molecule has 1 fully saturated rings. The highest BCUT2D eigenvalue weighted by Crippen LogP contribution is 2.24. The Morgan fingerprint density at radius 1 is 1.40 bits per heavy atom. The molecule has 1 aromatic carbocycles. The van der Waals surface area contributed by atoms with Crippen LogP contribution in [0.15, 0.2) is 30.3 Å². The smallest absolute Gasteiger partial charge is 0.0656 e. The lowest BCUT2D eigenvalue weighted by atomic mass is 9.88. The molecule has 0 aliphatic carbocycles. The van der Waals surface area contributed by atoms with Crippen molar-refractivity contribution in [3.8, 4) is 6.07 Å². The van der Waals surface area contributed by atoms with Crippen molar-refractivity contribution < 1.29 is 0 Å². The fourth-order valence-corrected chi connectivity index (χ4v) is 2.00. The number of nitriles is 1. The largest absolute Gasteiger partial charge is 0.298 e. The molecule has 2 nitrogen and oxygen atoms in total. The van der Waals surface area contributed by atoms with Crippen molar-refractivity contribution in [2.24, 2.45) is 11.8 Å². The quantitative estimate of drug-likeness (QED) is 0.748. The summed E-state index contributed by atoms with van der Waals surface area (Å²) in [5, 5.41) is 8.78. The SMILES string of the molecule is CC(C#N)C1CN(Cc2ccccc2)C1. The maximum Gasteiger partial charge on any atom is 0.0656 e. The molecule has 1 aliphatic heterocycles. The molecular formula is C13H16N2. The molecule has 0 spiro atoms. The lowest BCUT2D eigenvalue weighted by Gasteiger charge is -2.40. The Morgan fingerprint density at radius 3 is 2.67 bits per heavy atom.